The van der Waals surface area contributed by atoms with E-state index in [2.05, 4.69) is 40.2 Å². The van der Waals surface area contributed by atoms with Crippen LogP contribution in [0.5, 0.6) is 11.5 Å². The third kappa shape index (κ3) is 5.63. The third-order valence-electron chi connectivity index (χ3n) is 5.32. The number of H-pyrrole nitrogens is 1. The molecule has 0 fully saturated rings. The van der Waals surface area contributed by atoms with Gasteiger partial charge in [-0.1, -0.05) is 38.3 Å². The number of benzene rings is 2. The number of imidazole rings is 1. The molecule has 4 rings (SSSR count). The van der Waals surface area contributed by atoms with Crippen LogP contribution < -0.4 is 14.8 Å². The minimum atomic E-state index is 0. The number of anilines is 2. The SMILES string of the molecule is CCCCOc1cc(Nc2cc(C)[nH]c3ccc4ncnc4c23)c(OCCCC)cc1Cl.Cl. The Bertz CT molecular complexity index is 1230. The van der Waals surface area contributed by atoms with Crippen LogP contribution in [0, 0.1) is 6.92 Å². The number of unbranched alkanes of at least 4 members (excludes halogenated alkanes) is 2. The van der Waals surface area contributed by atoms with Gasteiger partial charge in [-0.05, 0) is 38.0 Å². The lowest BCUT2D eigenvalue weighted by molar-refractivity contribution is 0.302. The Morgan fingerprint density at radius 3 is 2.39 bits per heavy atom. The van der Waals surface area contributed by atoms with Gasteiger partial charge in [0, 0.05) is 28.7 Å². The Balaban J connectivity index is 0.00000306. The molecule has 0 bridgehead atoms. The number of pyridine rings is 1. The molecule has 0 amide bonds. The van der Waals surface area contributed by atoms with Gasteiger partial charge in [0.25, 0.3) is 0 Å². The fourth-order valence-corrected chi connectivity index (χ4v) is 3.85. The van der Waals surface area contributed by atoms with Crippen LogP contribution in [0.3, 0.4) is 0 Å². The van der Waals surface area contributed by atoms with Crippen molar-refractivity contribution in [1.29, 1.82) is 0 Å². The Hall–Kier alpha value is -2.70. The fraction of sp³-hybridized carbons (Fsp3) is 0.360. The predicted octanol–water partition coefficient (Wildman–Crippen LogP) is 7.60. The summed E-state index contributed by atoms with van der Waals surface area (Å²) in [5.74, 6) is 1.35. The first-order chi connectivity index (χ1) is 15.6. The average molecular weight is 489 g/mol. The van der Waals surface area contributed by atoms with Crippen LogP contribution in [-0.2, 0) is 0 Å². The number of halogens is 2. The van der Waals surface area contributed by atoms with Gasteiger partial charge in [-0.25, -0.2) is 9.97 Å². The molecule has 4 aromatic rings. The summed E-state index contributed by atoms with van der Waals surface area (Å²) in [6.45, 7) is 7.55. The number of ether oxygens (including phenoxy) is 2. The molecule has 0 aliphatic carbocycles. The summed E-state index contributed by atoms with van der Waals surface area (Å²) >= 11 is 6.52. The van der Waals surface area contributed by atoms with Crippen LogP contribution in [0.25, 0.3) is 21.9 Å². The zero-order chi connectivity index (χ0) is 22.5. The Morgan fingerprint density at radius 1 is 0.939 bits per heavy atom. The standard InChI is InChI=1S/C25H29ClN4O2.ClH/c1-4-6-10-31-22-14-20(23(13-17(22)26)32-11-7-5-2)30-21-12-16(3)29-18-8-9-19-25(24(18)21)28-15-27-19;/h8-9,12-15,29-30H,4-7,10-11H2,1-3H3;1H. The summed E-state index contributed by atoms with van der Waals surface area (Å²) in [4.78, 5) is 12.3. The lowest BCUT2D eigenvalue weighted by Crippen LogP contribution is -2.04. The summed E-state index contributed by atoms with van der Waals surface area (Å²) in [6.07, 6.45) is 5.65. The highest BCUT2D eigenvalue weighted by Crippen LogP contribution is 2.40. The number of hydrogen-bond acceptors (Lipinski definition) is 5. The maximum Gasteiger partial charge on any atom is 0.144 e. The monoisotopic (exact) mass is 488 g/mol. The van der Waals surface area contributed by atoms with Crippen molar-refractivity contribution < 1.29 is 9.47 Å². The van der Waals surface area contributed by atoms with Gasteiger partial charge in [0.15, 0.2) is 0 Å². The molecule has 6 nitrogen and oxygen atoms in total. The minimum absolute atomic E-state index is 0. The number of nitrogens with one attached hydrogen (secondary N) is 2. The summed E-state index contributed by atoms with van der Waals surface area (Å²) in [6, 6.07) is 9.84. The second-order valence-electron chi connectivity index (χ2n) is 7.90. The molecular formula is C25H30Cl2N4O2. The van der Waals surface area contributed by atoms with Crippen LogP contribution in [0.1, 0.15) is 45.2 Å². The number of aryl methyl sites for hydroxylation is 1. The van der Waals surface area contributed by atoms with E-state index in [9.17, 15) is 0 Å². The number of rotatable bonds is 10. The molecule has 0 unspecified atom stereocenters. The van der Waals surface area contributed by atoms with E-state index in [1.54, 1.807) is 6.33 Å². The molecule has 0 saturated carbocycles. The van der Waals surface area contributed by atoms with E-state index in [4.69, 9.17) is 21.1 Å². The summed E-state index contributed by atoms with van der Waals surface area (Å²) in [7, 11) is 0. The molecule has 2 heterocycles. The Kier molecular flexibility index (Phi) is 8.64. The maximum absolute atomic E-state index is 6.52. The summed E-state index contributed by atoms with van der Waals surface area (Å²) < 4.78 is 12.0. The third-order valence-corrected chi connectivity index (χ3v) is 5.61. The predicted molar refractivity (Wildman–Crippen MR) is 139 cm³/mol. The highest BCUT2D eigenvalue weighted by molar-refractivity contribution is 6.32. The first-order valence-electron chi connectivity index (χ1n) is 11.2. The van der Waals surface area contributed by atoms with Crippen molar-refractivity contribution in [3.8, 4) is 11.5 Å². The van der Waals surface area contributed by atoms with Crippen LogP contribution in [0.4, 0.5) is 11.4 Å². The molecule has 176 valence electrons. The normalized spacial score (nSPS) is 10.9. The topological polar surface area (TPSA) is 72.1 Å². The molecule has 8 heteroatoms. The second kappa shape index (κ2) is 11.4. The Morgan fingerprint density at radius 2 is 1.67 bits per heavy atom. The van der Waals surface area contributed by atoms with E-state index in [1.807, 2.05) is 31.2 Å². The summed E-state index contributed by atoms with van der Waals surface area (Å²) in [5, 5.41) is 5.10. The molecule has 0 aliphatic rings. The Labute approximate surface area is 205 Å². The smallest absolute Gasteiger partial charge is 0.144 e. The maximum atomic E-state index is 6.52. The number of aromatic amines is 1. The zero-order valence-corrected chi connectivity index (χ0v) is 20.8. The number of aromatic nitrogens is 3. The van der Waals surface area contributed by atoms with Gasteiger partial charge < -0.3 is 19.8 Å². The van der Waals surface area contributed by atoms with Gasteiger partial charge in [0.1, 0.15) is 23.3 Å². The molecule has 2 N–H and O–H groups in total. The van der Waals surface area contributed by atoms with Gasteiger partial charge in [0.2, 0.25) is 0 Å². The van der Waals surface area contributed by atoms with Gasteiger partial charge >= 0.3 is 0 Å². The highest BCUT2D eigenvalue weighted by atomic mass is 35.5. The van der Waals surface area contributed by atoms with E-state index in [0.29, 0.717) is 29.7 Å². The van der Waals surface area contributed by atoms with Crippen molar-refractivity contribution in [2.24, 2.45) is 0 Å². The largest absolute Gasteiger partial charge is 0.492 e. The van der Waals surface area contributed by atoms with Crippen LogP contribution in [-0.4, -0.2) is 28.2 Å². The van der Waals surface area contributed by atoms with Crippen LogP contribution >= 0.6 is 24.0 Å². The molecule has 0 atom stereocenters. The van der Waals surface area contributed by atoms with Gasteiger partial charge in [-0.15, -0.1) is 12.4 Å². The first kappa shape index (κ1) is 24.9. The van der Waals surface area contributed by atoms with Crippen molar-refractivity contribution in [3.05, 3.63) is 47.4 Å². The van der Waals surface area contributed by atoms with Crippen molar-refractivity contribution in [3.63, 3.8) is 0 Å². The molecule has 2 aromatic carbocycles. The average Bonchev–Trinajstić information content (AvgIpc) is 3.25. The van der Waals surface area contributed by atoms with Gasteiger partial charge in [0.05, 0.1) is 35.1 Å². The van der Waals surface area contributed by atoms with E-state index >= 15 is 0 Å². The molecule has 0 aliphatic heterocycles. The van der Waals surface area contributed by atoms with Crippen LogP contribution in [0.2, 0.25) is 5.02 Å². The first-order valence-corrected chi connectivity index (χ1v) is 11.6. The molecule has 2 aromatic heterocycles. The molecule has 33 heavy (non-hydrogen) atoms. The quantitative estimate of drug-likeness (QED) is 0.225. The van der Waals surface area contributed by atoms with Crippen molar-refractivity contribution in [2.45, 2.75) is 46.5 Å². The highest BCUT2D eigenvalue weighted by Gasteiger charge is 2.15. The molecule has 0 saturated heterocycles. The van der Waals surface area contributed by atoms with Crippen molar-refractivity contribution in [1.82, 2.24) is 15.0 Å². The van der Waals surface area contributed by atoms with E-state index < -0.39 is 0 Å². The van der Waals surface area contributed by atoms with Gasteiger partial charge in [-0.2, -0.15) is 0 Å². The lowest BCUT2D eigenvalue weighted by atomic mass is 10.1. The lowest BCUT2D eigenvalue weighted by Gasteiger charge is -2.18. The molecule has 0 spiro atoms. The summed E-state index contributed by atoms with van der Waals surface area (Å²) in [5.41, 5.74) is 5.45. The minimum Gasteiger partial charge on any atom is -0.492 e. The fourth-order valence-electron chi connectivity index (χ4n) is 3.64. The zero-order valence-electron chi connectivity index (χ0n) is 19.2. The van der Waals surface area contributed by atoms with E-state index in [0.717, 1.165) is 64.7 Å². The second-order valence-corrected chi connectivity index (χ2v) is 8.31. The van der Waals surface area contributed by atoms with Crippen molar-refractivity contribution >= 4 is 57.3 Å². The molecular weight excluding hydrogens is 459 g/mol. The van der Waals surface area contributed by atoms with E-state index in [1.165, 1.54) is 0 Å². The van der Waals surface area contributed by atoms with E-state index in [-0.39, 0.29) is 12.4 Å². The molecule has 0 radical (unpaired) electrons. The number of hydrogen-bond donors (Lipinski definition) is 2. The van der Waals surface area contributed by atoms with Gasteiger partial charge in [-0.3, -0.25) is 0 Å². The number of nitrogens with zero attached hydrogens (tertiary/aromatic N) is 2. The number of fused-ring (bicyclic) bond motifs is 3. The van der Waals surface area contributed by atoms with Crippen LogP contribution in [0.15, 0.2) is 36.7 Å². The van der Waals surface area contributed by atoms with Crippen molar-refractivity contribution in [2.75, 3.05) is 18.5 Å².